The summed E-state index contributed by atoms with van der Waals surface area (Å²) in [5, 5.41) is 3.44. The molecule has 3 heterocycles. The van der Waals surface area contributed by atoms with Crippen molar-refractivity contribution in [2.24, 2.45) is 7.05 Å². The zero-order valence-corrected chi connectivity index (χ0v) is 20.1. The number of rotatable bonds is 4. The Morgan fingerprint density at radius 3 is 2.53 bits per heavy atom. The van der Waals surface area contributed by atoms with E-state index in [4.69, 9.17) is 16.6 Å². The van der Waals surface area contributed by atoms with Crippen LogP contribution in [-0.2, 0) is 30.0 Å². The minimum absolute atomic E-state index is 0.345. The second-order valence-corrected chi connectivity index (χ2v) is 11.1. The molecule has 4 aromatic rings. The zero-order valence-electron chi connectivity index (χ0n) is 17.7. The maximum Gasteiger partial charge on any atom is 0.245 e. The quantitative estimate of drug-likeness (QED) is 0.383. The van der Waals surface area contributed by atoms with Gasteiger partial charge in [-0.25, -0.2) is 13.4 Å². The Morgan fingerprint density at radius 2 is 1.78 bits per heavy atom. The topological polar surface area (TPSA) is 55.2 Å². The van der Waals surface area contributed by atoms with Gasteiger partial charge in [-0.3, -0.25) is 0 Å². The molecule has 2 aromatic carbocycles. The van der Waals surface area contributed by atoms with E-state index in [0.29, 0.717) is 28.7 Å². The summed E-state index contributed by atoms with van der Waals surface area (Å²) in [7, 11) is -1.73. The number of thiazole rings is 1. The van der Waals surface area contributed by atoms with Gasteiger partial charge >= 0.3 is 0 Å². The number of fused-ring (bicyclic) bond motifs is 1. The van der Waals surface area contributed by atoms with Gasteiger partial charge in [0.2, 0.25) is 10.0 Å². The normalized spacial score (nSPS) is 14.5. The molecule has 0 unspecified atom stereocenters. The van der Waals surface area contributed by atoms with Crippen molar-refractivity contribution >= 4 is 33.0 Å². The van der Waals surface area contributed by atoms with E-state index in [2.05, 4.69) is 6.07 Å². The highest BCUT2D eigenvalue weighted by Gasteiger charge is 2.32. The molecule has 5 nitrogen and oxygen atoms in total. The summed E-state index contributed by atoms with van der Waals surface area (Å²) in [6.07, 6.45) is 0.727. The van der Waals surface area contributed by atoms with Gasteiger partial charge in [0.15, 0.2) is 0 Å². The molecule has 8 heteroatoms. The summed E-state index contributed by atoms with van der Waals surface area (Å²) < 4.78 is 30.6. The molecule has 1 aliphatic rings. The second-order valence-electron chi connectivity index (χ2n) is 7.94. The number of hydrogen-bond acceptors (Lipinski definition) is 4. The lowest BCUT2D eigenvalue weighted by Crippen LogP contribution is -2.36. The van der Waals surface area contributed by atoms with Crippen LogP contribution in [0.5, 0.6) is 0 Å². The Bertz CT molecular complexity index is 1410. The van der Waals surface area contributed by atoms with Crippen molar-refractivity contribution in [3.63, 3.8) is 0 Å². The van der Waals surface area contributed by atoms with Gasteiger partial charge in [0.25, 0.3) is 0 Å². The molecule has 0 saturated heterocycles. The fourth-order valence-electron chi connectivity index (χ4n) is 4.10. The molecule has 0 spiro atoms. The molecule has 0 bridgehead atoms. The number of sulfonamides is 1. The first kappa shape index (κ1) is 21.4. The number of hydrogen-bond donors (Lipinski definition) is 0. The second kappa shape index (κ2) is 8.15. The minimum Gasteiger partial charge on any atom is -0.345 e. The Hall–Kier alpha value is -2.45. The predicted molar refractivity (Wildman–Crippen MR) is 129 cm³/mol. The molecule has 32 heavy (non-hydrogen) atoms. The molecule has 164 valence electrons. The van der Waals surface area contributed by atoms with E-state index in [-0.39, 0.29) is 0 Å². The fourth-order valence-corrected chi connectivity index (χ4v) is 6.79. The van der Waals surface area contributed by atoms with E-state index in [0.717, 1.165) is 33.9 Å². The van der Waals surface area contributed by atoms with E-state index >= 15 is 0 Å². The van der Waals surface area contributed by atoms with E-state index < -0.39 is 10.0 Å². The van der Waals surface area contributed by atoms with E-state index in [1.54, 1.807) is 10.4 Å². The van der Waals surface area contributed by atoms with Gasteiger partial charge in [-0.1, -0.05) is 48.0 Å². The summed E-state index contributed by atoms with van der Waals surface area (Å²) in [4.78, 5) is 5.11. The van der Waals surface area contributed by atoms with Crippen LogP contribution in [-0.4, -0.2) is 28.8 Å². The van der Waals surface area contributed by atoms with Crippen molar-refractivity contribution in [2.45, 2.75) is 24.8 Å². The number of aromatic nitrogens is 2. The van der Waals surface area contributed by atoms with Crippen LogP contribution in [0.4, 0.5) is 0 Å². The van der Waals surface area contributed by atoms with Crippen molar-refractivity contribution in [1.82, 2.24) is 13.9 Å². The van der Waals surface area contributed by atoms with Crippen molar-refractivity contribution in [3.8, 4) is 22.0 Å². The molecule has 0 radical (unpaired) electrons. The average Bonchev–Trinajstić information content (AvgIpc) is 3.39. The Labute approximate surface area is 197 Å². The Morgan fingerprint density at radius 1 is 1.06 bits per heavy atom. The van der Waals surface area contributed by atoms with Gasteiger partial charge in [0, 0.05) is 41.8 Å². The van der Waals surface area contributed by atoms with Gasteiger partial charge in [-0.15, -0.1) is 11.3 Å². The molecule has 0 saturated carbocycles. The minimum atomic E-state index is -3.62. The molecular weight excluding hydrogens is 462 g/mol. The van der Waals surface area contributed by atoms with Crippen LogP contribution in [0.15, 0.2) is 64.9 Å². The van der Waals surface area contributed by atoms with Crippen LogP contribution in [0.2, 0.25) is 5.02 Å². The molecule has 0 aliphatic carbocycles. The standard InChI is InChI=1S/C24H22ClN3O2S2/c1-16-23(32(29,30)28-12-11-17-5-3-4-6-19(17)14-28)13-22(27(16)2)24-26-21(15-31-24)18-7-9-20(25)10-8-18/h3-10,13,15H,11-12,14H2,1-2H3. The van der Waals surface area contributed by atoms with E-state index in [1.165, 1.54) is 16.9 Å². The van der Waals surface area contributed by atoms with Crippen LogP contribution < -0.4 is 0 Å². The highest BCUT2D eigenvalue weighted by molar-refractivity contribution is 7.89. The molecule has 0 amide bonds. The SMILES string of the molecule is Cc1c(S(=O)(=O)N2CCc3ccccc3C2)cc(-c2nc(-c3ccc(Cl)cc3)cs2)n1C. The number of nitrogens with zero attached hydrogens (tertiary/aromatic N) is 3. The van der Waals surface area contributed by atoms with Crippen molar-refractivity contribution in [2.75, 3.05) is 6.54 Å². The molecule has 5 rings (SSSR count). The zero-order chi connectivity index (χ0) is 22.5. The lowest BCUT2D eigenvalue weighted by molar-refractivity contribution is 0.391. The summed E-state index contributed by atoms with van der Waals surface area (Å²) in [6, 6.07) is 17.3. The van der Waals surface area contributed by atoms with E-state index in [1.807, 2.05) is 66.4 Å². The first-order chi connectivity index (χ1) is 15.3. The van der Waals surface area contributed by atoms with Crippen molar-refractivity contribution in [1.29, 1.82) is 0 Å². The van der Waals surface area contributed by atoms with E-state index in [9.17, 15) is 8.42 Å². The molecule has 2 aromatic heterocycles. The van der Waals surface area contributed by atoms with Crippen LogP contribution in [0.25, 0.3) is 22.0 Å². The third kappa shape index (κ3) is 3.69. The highest BCUT2D eigenvalue weighted by Crippen LogP contribution is 2.35. The van der Waals surface area contributed by atoms with Crippen molar-refractivity contribution < 1.29 is 8.42 Å². The Kier molecular flexibility index (Phi) is 5.45. The Balaban J connectivity index is 1.48. The lowest BCUT2D eigenvalue weighted by atomic mass is 10.0. The third-order valence-electron chi connectivity index (χ3n) is 6.07. The third-order valence-corrected chi connectivity index (χ3v) is 9.14. The van der Waals surface area contributed by atoms with Crippen LogP contribution in [0.3, 0.4) is 0 Å². The monoisotopic (exact) mass is 483 g/mol. The molecule has 1 aliphatic heterocycles. The maximum absolute atomic E-state index is 13.6. The average molecular weight is 484 g/mol. The molecule has 0 N–H and O–H groups in total. The fraction of sp³-hybridized carbons (Fsp3) is 0.208. The van der Waals surface area contributed by atoms with Gasteiger partial charge in [-0.05, 0) is 42.7 Å². The van der Waals surface area contributed by atoms with Crippen LogP contribution >= 0.6 is 22.9 Å². The van der Waals surface area contributed by atoms with Gasteiger partial charge < -0.3 is 4.57 Å². The van der Waals surface area contributed by atoms with Crippen LogP contribution in [0.1, 0.15) is 16.8 Å². The number of halogens is 1. The van der Waals surface area contributed by atoms with Gasteiger partial charge in [0.05, 0.1) is 11.4 Å². The maximum atomic E-state index is 13.6. The largest absolute Gasteiger partial charge is 0.345 e. The smallest absolute Gasteiger partial charge is 0.245 e. The highest BCUT2D eigenvalue weighted by atomic mass is 35.5. The number of benzene rings is 2. The predicted octanol–water partition coefficient (Wildman–Crippen LogP) is 5.52. The summed E-state index contributed by atoms with van der Waals surface area (Å²) >= 11 is 7.50. The van der Waals surface area contributed by atoms with Gasteiger partial charge in [-0.2, -0.15) is 4.31 Å². The molecule has 0 atom stereocenters. The summed E-state index contributed by atoms with van der Waals surface area (Å²) in [5.74, 6) is 0. The van der Waals surface area contributed by atoms with Crippen LogP contribution in [0, 0.1) is 6.92 Å². The summed E-state index contributed by atoms with van der Waals surface area (Å²) in [6.45, 7) is 2.74. The lowest BCUT2D eigenvalue weighted by Gasteiger charge is -2.28. The summed E-state index contributed by atoms with van der Waals surface area (Å²) in [5.41, 5.74) is 5.62. The molecular formula is C24H22ClN3O2S2. The van der Waals surface area contributed by atoms with Crippen molar-refractivity contribution in [3.05, 3.63) is 81.8 Å². The van der Waals surface area contributed by atoms with Gasteiger partial charge in [0.1, 0.15) is 9.90 Å². The first-order valence-corrected chi connectivity index (χ1v) is 13.0. The first-order valence-electron chi connectivity index (χ1n) is 10.3. The molecule has 0 fully saturated rings.